The minimum atomic E-state index is -0.493. The van der Waals surface area contributed by atoms with Crippen LogP contribution in [0, 0.1) is 21.4 Å². The van der Waals surface area contributed by atoms with Gasteiger partial charge < -0.3 is 0 Å². The van der Waals surface area contributed by atoms with Gasteiger partial charge in [0.05, 0.1) is 26.6 Å². The van der Waals surface area contributed by atoms with E-state index >= 15 is 0 Å². The summed E-state index contributed by atoms with van der Waals surface area (Å²) in [5.41, 5.74) is 1.49. The van der Waals surface area contributed by atoms with Gasteiger partial charge in [-0.2, -0.15) is 5.26 Å². The molecule has 0 radical (unpaired) electrons. The number of nitro benzene ring substituents is 1. The monoisotopic (exact) mass is 318 g/mol. The molecule has 6 heteroatoms. The first-order valence-corrected chi connectivity index (χ1v) is 6.59. The van der Waals surface area contributed by atoms with Crippen LogP contribution in [0.3, 0.4) is 0 Å². The molecule has 0 spiro atoms. The Balaban J connectivity index is 2.44. The maximum atomic E-state index is 10.6. The number of nitriles is 1. The van der Waals surface area contributed by atoms with Gasteiger partial charge in [-0.15, -0.1) is 0 Å². The molecule has 4 nitrogen and oxygen atoms in total. The molecule has 0 aliphatic carbocycles. The molecule has 21 heavy (non-hydrogen) atoms. The molecule has 2 aromatic rings. The molecule has 0 aromatic heterocycles. The topological polar surface area (TPSA) is 66.9 Å². The van der Waals surface area contributed by atoms with Crippen molar-refractivity contribution in [3.8, 4) is 6.07 Å². The van der Waals surface area contributed by atoms with Crippen LogP contribution in [0.5, 0.6) is 0 Å². The van der Waals surface area contributed by atoms with Gasteiger partial charge in [0.15, 0.2) is 0 Å². The van der Waals surface area contributed by atoms with Crippen molar-refractivity contribution >= 4 is 40.5 Å². The number of allylic oxidation sites excluding steroid dienone is 1. The minimum Gasteiger partial charge on any atom is -0.258 e. The molecular formula is C15H8Cl2N2O2. The molecular weight excluding hydrogens is 311 g/mol. The molecule has 104 valence electrons. The average Bonchev–Trinajstić information content (AvgIpc) is 2.49. The summed E-state index contributed by atoms with van der Waals surface area (Å²) in [6, 6.07) is 12.9. The van der Waals surface area contributed by atoms with Gasteiger partial charge >= 0.3 is 0 Å². The fourth-order valence-electron chi connectivity index (χ4n) is 1.73. The van der Waals surface area contributed by atoms with Crippen molar-refractivity contribution in [1.82, 2.24) is 0 Å². The highest BCUT2D eigenvalue weighted by molar-refractivity contribution is 6.43. The van der Waals surface area contributed by atoms with Gasteiger partial charge in [0.25, 0.3) is 5.69 Å². The Kier molecular flexibility index (Phi) is 4.59. The fourth-order valence-corrected chi connectivity index (χ4v) is 2.09. The second kappa shape index (κ2) is 6.40. The summed E-state index contributed by atoms with van der Waals surface area (Å²) >= 11 is 12.0. The summed E-state index contributed by atoms with van der Waals surface area (Å²) in [6.07, 6.45) is 1.59. The number of nitrogens with zero attached hydrogens (tertiary/aromatic N) is 2. The minimum absolute atomic E-state index is 0.0307. The van der Waals surface area contributed by atoms with E-state index in [1.165, 1.54) is 24.3 Å². The summed E-state index contributed by atoms with van der Waals surface area (Å²) in [7, 11) is 0. The van der Waals surface area contributed by atoms with Crippen molar-refractivity contribution in [2.75, 3.05) is 0 Å². The number of halogens is 2. The first-order chi connectivity index (χ1) is 10.0. The molecule has 0 heterocycles. The number of nitro groups is 1. The Morgan fingerprint density at radius 2 is 1.86 bits per heavy atom. The Bertz CT molecular complexity index is 762. The lowest BCUT2D eigenvalue weighted by atomic mass is 10.0. The third-order valence-corrected chi connectivity index (χ3v) is 3.62. The number of non-ortho nitro benzene ring substituents is 1. The maximum Gasteiger partial charge on any atom is 0.269 e. The van der Waals surface area contributed by atoms with E-state index in [-0.39, 0.29) is 5.69 Å². The van der Waals surface area contributed by atoms with Crippen LogP contribution in [-0.2, 0) is 0 Å². The second-order valence-corrected chi connectivity index (χ2v) is 4.90. The van der Waals surface area contributed by atoms with Gasteiger partial charge in [0.1, 0.15) is 0 Å². The van der Waals surface area contributed by atoms with Gasteiger partial charge in [-0.05, 0) is 35.4 Å². The quantitative estimate of drug-likeness (QED) is 0.347. The summed E-state index contributed by atoms with van der Waals surface area (Å²) < 4.78 is 0. The van der Waals surface area contributed by atoms with Crippen LogP contribution in [0.25, 0.3) is 11.6 Å². The molecule has 0 N–H and O–H groups in total. The standard InChI is InChI=1S/C15H8Cl2N2O2/c16-14-3-1-2-11(15(14)17)8-12(9-18)10-4-6-13(7-5-10)19(20)21/h1-8H/b12-8+. The normalized spacial score (nSPS) is 11.0. The van der Waals surface area contributed by atoms with E-state index < -0.39 is 4.92 Å². The Morgan fingerprint density at radius 3 is 2.43 bits per heavy atom. The predicted molar refractivity (Wildman–Crippen MR) is 83.0 cm³/mol. The highest BCUT2D eigenvalue weighted by Crippen LogP contribution is 2.29. The maximum absolute atomic E-state index is 10.6. The van der Waals surface area contributed by atoms with Crippen LogP contribution in [0.2, 0.25) is 10.0 Å². The lowest BCUT2D eigenvalue weighted by molar-refractivity contribution is -0.384. The molecule has 0 bridgehead atoms. The predicted octanol–water partition coefficient (Wildman–Crippen LogP) is 4.97. The van der Waals surface area contributed by atoms with E-state index in [4.69, 9.17) is 23.2 Å². The Labute approximate surface area is 131 Å². The molecule has 0 amide bonds. The van der Waals surface area contributed by atoms with Crippen LogP contribution >= 0.6 is 23.2 Å². The highest BCUT2D eigenvalue weighted by atomic mass is 35.5. The number of hydrogen-bond acceptors (Lipinski definition) is 3. The smallest absolute Gasteiger partial charge is 0.258 e. The molecule has 2 aromatic carbocycles. The summed E-state index contributed by atoms with van der Waals surface area (Å²) in [6.45, 7) is 0. The second-order valence-electron chi connectivity index (χ2n) is 4.12. The zero-order valence-corrected chi connectivity index (χ0v) is 12.1. The van der Waals surface area contributed by atoms with E-state index in [0.29, 0.717) is 26.7 Å². The summed E-state index contributed by atoms with van der Waals surface area (Å²) in [5.74, 6) is 0. The van der Waals surface area contributed by atoms with Crippen molar-refractivity contribution in [3.05, 3.63) is 73.8 Å². The van der Waals surface area contributed by atoms with Crippen LogP contribution in [-0.4, -0.2) is 4.92 Å². The zero-order chi connectivity index (χ0) is 15.4. The molecule has 0 saturated carbocycles. The van der Waals surface area contributed by atoms with Gasteiger partial charge in [-0.1, -0.05) is 35.3 Å². The van der Waals surface area contributed by atoms with E-state index in [1.54, 1.807) is 24.3 Å². The third-order valence-electron chi connectivity index (χ3n) is 2.79. The van der Waals surface area contributed by atoms with Crippen LogP contribution in [0.4, 0.5) is 5.69 Å². The molecule has 0 atom stereocenters. The first-order valence-electron chi connectivity index (χ1n) is 5.83. The van der Waals surface area contributed by atoms with Gasteiger partial charge in [0, 0.05) is 12.1 Å². The lowest BCUT2D eigenvalue weighted by Gasteiger charge is -2.03. The lowest BCUT2D eigenvalue weighted by Crippen LogP contribution is -1.88. The van der Waals surface area contributed by atoms with E-state index in [2.05, 4.69) is 6.07 Å². The fraction of sp³-hybridized carbons (Fsp3) is 0. The largest absolute Gasteiger partial charge is 0.269 e. The van der Waals surface area contributed by atoms with Crippen molar-refractivity contribution < 1.29 is 4.92 Å². The summed E-state index contributed by atoms with van der Waals surface area (Å²) in [5, 5.41) is 20.6. The molecule has 0 saturated heterocycles. The average molecular weight is 319 g/mol. The Hall–Kier alpha value is -2.35. The van der Waals surface area contributed by atoms with Crippen LogP contribution < -0.4 is 0 Å². The number of benzene rings is 2. The number of hydrogen-bond donors (Lipinski definition) is 0. The molecule has 0 unspecified atom stereocenters. The highest BCUT2D eigenvalue weighted by Gasteiger charge is 2.08. The molecule has 0 aliphatic rings. The first kappa shape index (κ1) is 15.0. The van der Waals surface area contributed by atoms with Gasteiger partial charge in [-0.3, -0.25) is 10.1 Å². The van der Waals surface area contributed by atoms with Crippen LogP contribution in [0.15, 0.2) is 42.5 Å². The molecule has 2 rings (SSSR count). The van der Waals surface area contributed by atoms with Gasteiger partial charge in [0.2, 0.25) is 0 Å². The van der Waals surface area contributed by atoms with Gasteiger partial charge in [-0.25, -0.2) is 0 Å². The SMILES string of the molecule is N#C/C(=C\c1cccc(Cl)c1Cl)c1ccc([N+](=O)[O-])cc1. The van der Waals surface area contributed by atoms with Crippen molar-refractivity contribution in [3.63, 3.8) is 0 Å². The molecule has 0 fully saturated rings. The summed E-state index contributed by atoms with van der Waals surface area (Å²) in [4.78, 5) is 10.1. The Morgan fingerprint density at radius 1 is 1.19 bits per heavy atom. The zero-order valence-electron chi connectivity index (χ0n) is 10.6. The van der Waals surface area contributed by atoms with Crippen molar-refractivity contribution in [2.24, 2.45) is 0 Å². The van der Waals surface area contributed by atoms with E-state index in [1.807, 2.05) is 0 Å². The molecule has 0 aliphatic heterocycles. The number of rotatable bonds is 3. The van der Waals surface area contributed by atoms with E-state index in [9.17, 15) is 15.4 Å². The third kappa shape index (κ3) is 3.40. The van der Waals surface area contributed by atoms with E-state index in [0.717, 1.165) is 0 Å². The van der Waals surface area contributed by atoms with Crippen molar-refractivity contribution in [1.29, 1.82) is 5.26 Å². The van der Waals surface area contributed by atoms with Crippen LogP contribution in [0.1, 0.15) is 11.1 Å². The van der Waals surface area contributed by atoms with Crippen molar-refractivity contribution in [2.45, 2.75) is 0 Å².